The molecule has 0 saturated carbocycles. The number of nitrogens with zero attached hydrogens (tertiary/aromatic N) is 2. The Labute approximate surface area is 188 Å². The zero-order valence-corrected chi connectivity index (χ0v) is 18.9. The number of carbonyl (C=O) groups excluding carboxylic acids is 1. The zero-order valence-electron chi connectivity index (χ0n) is 18.1. The molecule has 8 heteroatoms. The number of aliphatic imine (C=N–C) groups is 1. The maximum Gasteiger partial charge on any atom is 0.223 e. The second-order valence-corrected chi connectivity index (χ2v) is 8.36. The molecule has 0 spiro atoms. The molecule has 0 saturated heterocycles. The van der Waals surface area contributed by atoms with Gasteiger partial charge in [-0.2, -0.15) is 0 Å². The summed E-state index contributed by atoms with van der Waals surface area (Å²) in [6.45, 7) is 2.44. The Balaban J connectivity index is 1.60. The van der Waals surface area contributed by atoms with Crippen LogP contribution in [-0.4, -0.2) is 62.9 Å². The molecule has 2 aromatic rings. The van der Waals surface area contributed by atoms with Gasteiger partial charge in [-0.15, -0.1) is 11.8 Å². The van der Waals surface area contributed by atoms with E-state index in [9.17, 15) is 4.79 Å². The Bertz CT molecular complexity index is 874. The van der Waals surface area contributed by atoms with Crippen molar-refractivity contribution in [2.24, 2.45) is 4.99 Å². The lowest BCUT2D eigenvalue weighted by molar-refractivity contribution is -0.128. The fraction of sp³-hybridized carbons (Fsp3) is 0.391. The van der Waals surface area contributed by atoms with Crippen LogP contribution in [0.3, 0.4) is 0 Å². The quantitative estimate of drug-likeness (QED) is 0.282. The summed E-state index contributed by atoms with van der Waals surface area (Å²) in [6, 6.07) is 16.1. The van der Waals surface area contributed by atoms with E-state index in [4.69, 9.17) is 9.47 Å². The molecule has 2 N–H and O–H groups in total. The van der Waals surface area contributed by atoms with E-state index in [-0.39, 0.29) is 5.91 Å². The molecule has 1 amide bonds. The molecule has 0 aliphatic carbocycles. The predicted octanol–water partition coefficient (Wildman–Crippen LogP) is 3.48. The van der Waals surface area contributed by atoms with Gasteiger partial charge in [-0.05, 0) is 24.3 Å². The van der Waals surface area contributed by atoms with Crippen LogP contribution in [0.1, 0.15) is 12.8 Å². The van der Waals surface area contributed by atoms with Crippen molar-refractivity contribution in [1.29, 1.82) is 0 Å². The molecular weight excluding hydrogens is 412 g/mol. The average Bonchev–Trinajstić information content (AvgIpc) is 3.02. The van der Waals surface area contributed by atoms with E-state index in [0.29, 0.717) is 32.1 Å². The largest absolute Gasteiger partial charge is 0.490 e. The highest BCUT2D eigenvalue weighted by Crippen LogP contribution is 2.32. The Hall–Kier alpha value is -2.87. The highest BCUT2D eigenvalue weighted by atomic mass is 32.2. The van der Waals surface area contributed by atoms with E-state index in [2.05, 4.69) is 27.8 Å². The third-order valence-electron chi connectivity index (χ3n) is 4.51. The van der Waals surface area contributed by atoms with Crippen molar-refractivity contribution in [3.8, 4) is 11.5 Å². The topological polar surface area (TPSA) is 75.2 Å². The van der Waals surface area contributed by atoms with Gasteiger partial charge in [0, 0.05) is 55.9 Å². The summed E-state index contributed by atoms with van der Waals surface area (Å²) in [4.78, 5) is 19.3. The van der Waals surface area contributed by atoms with Crippen molar-refractivity contribution in [2.75, 3.05) is 51.5 Å². The number of carbonyl (C=O) groups is 1. The molecule has 0 atom stereocenters. The first-order valence-corrected chi connectivity index (χ1v) is 11.4. The minimum Gasteiger partial charge on any atom is -0.490 e. The molecule has 0 unspecified atom stereocenters. The van der Waals surface area contributed by atoms with Gasteiger partial charge in [0.05, 0.1) is 19.8 Å². The molecule has 3 rings (SSSR count). The summed E-state index contributed by atoms with van der Waals surface area (Å²) < 4.78 is 11.5. The third kappa shape index (κ3) is 7.71. The number of guanidine groups is 1. The summed E-state index contributed by atoms with van der Waals surface area (Å²) in [7, 11) is 3.50. The number of hydrogen-bond acceptors (Lipinski definition) is 5. The Morgan fingerprint density at radius 2 is 1.87 bits per heavy atom. The van der Waals surface area contributed by atoms with Crippen molar-refractivity contribution >= 4 is 29.3 Å². The molecule has 0 fully saturated rings. The van der Waals surface area contributed by atoms with Gasteiger partial charge >= 0.3 is 0 Å². The lowest BCUT2D eigenvalue weighted by Crippen LogP contribution is -2.33. The lowest BCUT2D eigenvalue weighted by atomic mass is 10.2. The van der Waals surface area contributed by atoms with Gasteiger partial charge < -0.3 is 25.0 Å². The third-order valence-corrected chi connectivity index (χ3v) is 5.52. The lowest BCUT2D eigenvalue weighted by Gasteiger charge is -2.15. The van der Waals surface area contributed by atoms with Crippen LogP contribution in [0.2, 0.25) is 0 Å². The monoisotopic (exact) mass is 442 g/mol. The van der Waals surface area contributed by atoms with Gasteiger partial charge in [0.1, 0.15) is 0 Å². The number of benzene rings is 2. The summed E-state index contributed by atoms with van der Waals surface area (Å²) in [5.41, 5.74) is 0.852. The van der Waals surface area contributed by atoms with Gasteiger partial charge in [0.2, 0.25) is 5.91 Å². The molecule has 0 radical (unpaired) electrons. The van der Waals surface area contributed by atoms with Crippen LogP contribution in [-0.2, 0) is 4.79 Å². The standard InChI is InChI=1S/C23H30N4O3S/c1-27(2)22(28)11-12-24-23(25-13-16-31-19-7-4-3-5-8-19)26-18-9-10-20-21(17-18)30-15-6-14-29-20/h3-5,7-10,17H,6,11-16H2,1-2H3,(H2,24,25,26). The number of rotatable bonds is 8. The minimum atomic E-state index is 0.0540. The fourth-order valence-electron chi connectivity index (χ4n) is 2.86. The van der Waals surface area contributed by atoms with E-state index in [1.165, 1.54) is 4.90 Å². The first-order valence-electron chi connectivity index (χ1n) is 10.4. The number of thioether (sulfide) groups is 1. The second-order valence-electron chi connectivity index (χ2n) is 7.19. The number of fused-ring (bicyclic) bond motifs is 1. The summed E-state index contributed by atoms with van der Waals surface area (Å²) in [5.74, 6) is 3.06. The number of amides is 1. The predicted molar refractivity (Wildman–Crippen MR) is 126 cm³/mol. The molecule has 1 aliphatic heterocycles. The molecule has 1 aliphatic rings. The number of nitrogens with one attached hydrogen (secondary N) is 2. The molecule has 0 bridgehead atoms. The maximum atomic E-state index is 11.9. The molecule has 31 heavy (non-hydrogen) atoms. The van der Waals surface area contributed by atoms with Crippen LogP contribution in [0.4, 0.5) is 5.69 Å². The molecule has 1 heterocycles. The van der Waals surface area contributed by atoms with E-state index >= 15 is 0 Å². The van der Waals surface area contributed by atoms with Crippen LogP contribution in [0.25, 0.3) is 0 Å². The maximum absolute atomic E-state index is 11.9. The Morgan fingerprint density at radius 3 is 2.65 bits per heavy atom. The van der Waals surface area contributed by atoms with E-state index in [1.54, 1.807) is 30.8 Å². The Morgan fingerprint density at radius 1 is 1.10 bits per heavy atom. The van der Waals surface area contributed by atoms with Crippen molar-refractivity contribution in [2.45, 2.75) is 17.7 Å². The van der Waals surface area contributed by atoms with E-state index < -0.39 is 0 Å². The molecule has 2 aromatic carbocycles. The SMILES string of the molecule is CN(C)C(=O)CCN=C(NCCSc1ccccc1)Nc1ccc2c(c1)OCCCO2. The van der Waals surface area contributed by atoms with Crippen LogP contribution in [0, 0.1) is 0 Å². The summed E-state index contributed by atoms with van der Waals surface area (Å²) >= 11 is 1.78. The van der Waals surface area contributed by atoms with E-state index in [1.807, 2.05) is 36.4 Å². The smallest absolute Gasteiger partial charge is 0.223 e. The number of hydrogen-bond donors (Lipinski definition) is 2. The summed E-state index contributed by atoms with van der Waals surface area (Å²) in [6.07, 6.45) is 1.23. The molecular formula is C23H30N4O3S. The molecule has 7 nitrogen and oxygen atoms in total. The number of ether oxygens (including phenoxy) is 2. The van der Waals surface area contributed by atoms with Crippen molar-refractivity contribution in [1.82, 2.24) is 10.2 Å². The van der Waals surface area contributed by atoms with Crippen LogP contribution in [0.5, 0.6) is 11.5 Å². The molecule has 0 aromatic heterocycles. The average molecular weight is 443 g/mol. The highest BCUT2D eigenvalue weighted by Gasteiger charge is 2.12. The Kier molecular flexibility index (Phi) is 8.90. The second kappa shape index (κ2) is 12.1. The molecule has 166 valence electrons. The summed E-state index contributed by atoms with van der Waals surface area (Å²) in [5, 5.41) is 6.68. The van der Waals surface area contributed by atoms with Crippen molar-refractivity contribution in [3.05, 3.63) is 48.5 Å². The first-order chi connectivity index (χ1) is 15.1. The van der Waals surface area contributed by atoms with Gasteiger partial charge in [-0.3, -0.25) is 9.79 Å². The normalized spacial score (nSPS) is 13.3. The van der Waals surface area contributed by atoms with Gasteiger partial charge in [0.25, 0.3) is 0 Å². The fourth-order valence-corrected chi connectivity index (χ4v) is 3.65. The van der Waals surface area contributed by atoms with Gasteiger partial charge in [0.15, 0.2) is 17.5 Å². The minimum absolute atomic E-state index is 0.0540. The first kappa shape index (κ1) is 22.8. The number of anilines is 1. The van der Waals surface area contributed by atoms with Crippen LogP contribution in [0.15, 0.2) is 58.4 Å². The van der Waals surface area contributed by atoms with Crippen LogP contribution < -0.4 is 20.1 Å². The van der Waals surface area contributed by atoms with Gasteiger partial charge in [-0.1, -0.05) is 18.2 Å². The van der Waals surface area contributed by atoms with Crippen molar-refractivity contribution in [3.63, 3.8) is 0 Å². The van der Waals surface area contributed by atoms with Crippen molar-refractivity contribution < 1.29 is 14.3 Å². The van der Waals surface area contributed by atoms with Crippen LogP contribution >= 0.6 is 11.8 Å². The van der Waals surface area contributed by atoms with E-state index in [0.717, 1.165) is 35.9 Å². The highest BCUT2D eigenvalue weighted by molar-refractivity contribution is 7.99. The zero-order chi connectivity index (χ0) is 21.9. The van der Waals surface area contributed by atoms with Gasteiger partial charge in [-0.25, -0.2) is 0 Å².